The molecule has 3 N–H and O–H groups in total. The number of fused-ring (bicyclic) bond motifs is 1. The number of amides is 1. The summed E-state index contributed by atoms with van der Waals surface area (Å²) in [4.78, 5) is 12.0. The van der Waals surface area contributed by atoms with Gasteiger partial charge in [-0.2, -0.15) is 0 Å². The predicted octanol–water partition coefficient (Wildman–Crippen LogP) is -0.427. The first kappa shape index (κ1) is 14.7. The van der Waals surface area contributed by atoms with Crippen LogP contribution in [0, 0.1) is 5.92 Å². The third-order valence-corrected chi connectivity index (χ3v) is 5.52. The molecule has 0 radical (unpaired) electrons. The highest BCUT2D eigenvalue weighted by Crippen LogP contribution is 2.33. The fourth-order valence-electron chi connectivity index (χ4n) is 3.05. The number of carbonyl (C=O) groups is 1. The summed E-state index contributed by atoms with van der Waals surface area (Å²) < 4.78 is 24.7. The van der Waals surface area contributed by atoms with Crippen molar-refractivity contribution in [1.29, 1.82) is 0 Å². The molecular weight excluding hydrogens is 266 g/mol. The van der Waals surface area contributed by atoms with Crippen LogP contribution >= 0.6 is 0 Å². The van der Waals surface area contributed by atoms with Crippen molar-refractivity contribution in [3.63, 3.8) is 0 Å². The molecular formula is C12H23N3O3S. The molecule has 6 nitrogen and oxygen atoms in total. The van der Waals surface area contributed by atoms with Gasteiger partial charge in [-0.3, -0.25) is 4.79 Å². The summed E-state index contributed by atoms with van der Waals surface area (Å²) in [6, 6.07) is 0.330. The third kappa shape index (κ3) is 3.90. The molecule has 3 atom stereocenters. The molecule has 1 aliphatic heterocycles. The first-order chi connectivity index (χ1) is 9.02. The normalized spacial score (nSPS) is 30.9. The van der Waals surface area contributed by atoms with E-state index in [1.54, 1.807) is 0 Å². The number of rotatable bonds is 5. The summed E-state index contributed by atoms with van der Waals surface area (Å²) >= 11 is 0. The second kappa shape index (κ2) is 6.19. The van der Waals surface area contributed by atoms with E-state index in [2.05, 4.69) is 15.4 Å². The monoisotopic (exact) mass is 289 g/mol. The zero-order chi connectivity index (χ0) is 13.9. The van der Waals surface area contributed by atoms with Crippen LogP contribution in [0.4, 0.5) is 0 Å². The highest BCUT2D eigenvalue weighted by Gasteiger charge is 2.37. The van der Waals surface area contributed by atoms with E-state index in [1.165, 1.54) is 26.3 Å². The summed E-state index contributed by atoms with van der Waals surface area (Å²) in [6.07, 6.45) is 5.74. The van der Waals surface area contributed by atoms with Crippen LogP contribution < -0.4 is 15.4 Å². The summed E-state index contributed by atoms with van der Waals surface area (Å²) in [5.41, 5.74) is 0. The number of hydrogen-bond acceptors (Lipinski definition) is 4. The SMILES string of the molecule is CNS(=O)(=O)CCNC(=O)C1CC2CCCCC2N1. The van der Waals surface area contributed by atoms with E-state index >= 15 is 0 Å². The van der Waals surface area contributed by atoms with E-state index < -0.39 is 10.0 Å². The smallest absolute Gasteiger partial charge is 0.237 e. The Morgan fingerprint density at radius 2 is 2.05 bits per heavy atom. The van der Waals surface area contributed by atoms with Crippen molar-refractivity contribution in [3.05, 3.63) is 0 Å². The zero-order valence-corrected chi connectivity index (χ0v) is 12.1. The van der Waals surface area contributed by atoms with E-state index in [4.69, 9.17) is 0 Å². The van der Waals surface area contributed by atoms with Crippen LogP contribution in [0.5, 0.6) is 0 Å². The molecule has 7 heteroatoms. The molecule has 1 aliphatic carbocycles. The van der Waals surface area contributed by atoms with Gasteiger partial charge in [-0.25, -0.2) is 13.1 Å². The Kier molecular flexibility index (Phi) is 4.81. The Labute approximate surface area is 114 Å². The Morgan fingerprint density at radius 3 is 2.74 bits per heavy atom. The van der Waals surface area contributed by atoms with E-state index in [-0.39, 0.29) is 24.2 Å². The largest absolute Gasteiger partial charge is 0.354 e. The average Bonchev–Trinajstić information content (AvgIpc) is 2.82. The Balaban J connectivity index is 1.75. The lowest BCUT2D eigenvalue weighted by Gasteiger charge is -2.24. The number of nitrogens with one attached hydrogen (secondary N) is 3. The third-order valence-electron chi connectivity index (χ3n) is 4.16. The van der Waals surface area contributed by atoms with E-state index in [0.717, 1.165) is 12.8 Å². The number of sulfonamides is 1. The second-order valence-corrected chi connectivity index (χ2v) is 7.47. The molecule has 0 aromatic heterocycles. The fraction of sp³-hybridized carbons (Fsp3) is 0.917. The lowest BCUT2D eigenvalue weighted by molar-refractivity contribution is -0.122. The molecule has 19 heavy (non-hydrogen) atoms. The minimum absolute atomic E-state index is 0.0688. The molecule has 0 spiro atoms. The van der Waals surface area contributed by atoms with Crippen LogP contribution in [0.25, 0.3) is 0 Å². The van der Waals surface area contributed by atoms with E-state index in [0.29, 0.717) is 12.0 Å². The van der Waals surface area contributed by atoms with Crippen molar-refractivity contribution >= 4 is 15.9 Å². The molecule has 0 aromatic rings. The van der Waals surface area contributed by atoms with Crippen molar-refractivity contribution in [3.8, 4) is 0 Å². The number of carbonyl (C=O) groups excluding carboxylic acids is 1. The minimum atomic E-state index is -3.24. The van der Waals surface area contributed by atoms with Gasteiger partial charge in [-0.05, 0) is 32.2 Å². The molecule has 2 aliphatic rings. The topological polar surface area (TPSA) is 87.3 Å². The molecule has 3 unspecified atom stereocenters. The highest BCUT2D eigenvalue weighted by molar-refractivity contribution is 7.89. The van der Waals surface area contributed by atoms with Crippen molar-refractivity contribution < 1.29 is 13.2 Å². The van der Waals surface area contributed by atoms with Gasteiger partial charge < -0.3 is 10.6 Å². The maximum atomic E-state index is 12.0. The van der Waals surface area contributed by atoms with Gasteiger partial charge in [0.15, 0.2) is 0 Å². The number of hydrogen-bond donors (Lipinski definition) is 3. The fourth-order valence-corrected chi connectivity index (χ4v) is 3.63. The summed E-state index contributed by atoms with van der Waals surface area (Å²) in [5.74, 6) is 0.473. The maximum absolute atomic E-state index is 12.0. The predicted molar refractivity (Wildman–Crippen MR) is 73.1 cm³/mol. The quantitative estimate of drug-likeness (QED) is 0.641. The van der Waals surface area contributed by atoms with Crippen LogP contribution in [-0.2, 0) is 14.8 Å². The van der Waals surface area contributed by atoms with E-state index in [1.807, 2.05) is 0 Å². The average molecular weight is 289 g/mol. The summed E-state index contributed by atoms with van der Waals surface area (Å²) in [5, 5.41) is 6.08. The zero-order valence-electron chi connectivity index (χ0n) is 11.3. The van der Waals surface area contributed by atoms with Gasteiger partial charge in [0.05, 0.1) is 11.8 Å². The van der Waals surface area contributed by atoms with Gasteiger partial charge in [0.2, 0.25) is 15.9 Å². The lowest BCUT2D eigenvalue weighted by Crippen LogP contribution is -2.44. The van der Waals surface area contributed by atoms with Crippen molar-refractivity contribution in [2.75, 3.05) is 19.3 Å². The van der Waals surface area contributed by atoms with Gasteiger partial charge in [-0.1, -0.05) is 12.8 Å². The molecule has 1 amide bonds. The van der Waals surface area contributed by atoms with Crippen LogP contribution in [0.1, 0.15) is 32.1 Å². The van der Waals surface area contributed by atoms with Crippen LogP contribution in [-0.4, -0.2) is 45.8 Å². The Hall–Kier alpha value is -0.660. The maximum Gasteiger partial charge on any atom is 0.237 e. The van der Waals surface area contributed by atoms with Crippen molar-refractivity contribution in [1.82, 2.24) is 15.4 Å². The molecule has 2 rings (SSSR count). The van der Waals surface area contributed by atoms with E-state index in [9.17, 15) is 13.2 Å². The summed E-state index contributed by atoms with van der Waals surface area (Å²) in [7, 11) is -1.87. The van der Waals surface area contributed by atoms with Gasteiger partial charge in [0, 0.05) is 12.6 Å². The Bertz CT molecular complexity index is 410. The summed E-state index contributed by atoms with van der Waals surface area (Å²) in [6.45, 7) is 0.162. The van der Waals surface area contributed by atoms with Crippen LogP contribution in [0.2, 0.25) is 0 Å². The molecule has 2 fully saturated rings. The molecule has 1 saturated carbocycles. The first-order valence-corrected chi connectivity index (χ1v) is 8.62. The second-order valence-electron chi connectivity index (χ2n) is 5.42. The highest BCUT2D eigenvalue weighted by atomic mass is 32.2. The van der Waals surface area contributed by atoms with Gasteiger partial charge in [-0.15, -0.1) is 0 Å². The van der Waals surface area contributed by atoms with Crippen LogP contribution in [0.3, 0.4) is 0 Å². The molecule has 0 aromatic carbocycles. The van der Waals surface area contributed by atoms with Crippen molar-refractivity contribution in [2.45, 2.75) is 44.2 Å². The van der Waals surface area contributed by atoms with Crippen LogP contribution in [0.15, 0.2) is 0 Å². The first-order valence-electron chi connectivity index (χ1n) is 6.97. The molecule has 0 bridgehead atoms. The standard InChI is InChI=1S/C12H23N3O3S/c1-13-19(17,18)7-6-14-12(16)11-8-9-4-2-3-5-10(9)15-11/h9-11,13,15H,2-8H2,1H3,(H,14,16). The Morgan fingerprint density at radius 1 is 1.32 bits per heavy atom. The molecule has 1 saturated heterocycles. The molecule has 1 heterocycles. The van der Waals surface area contributed by atoms with Gasteiger partial charge in [0.1, 0.15) is 0 Å². The minimum Gasteiger partial charge on any atom is -0.354 e. The van der Waals surface area contributed by atoms with Crippen molar-refractivity contribution in [2.24, 2.45) is 5.92 Å². The lowest BCUT2D eigenvalue weighted by atomic mass is 9.85. The van der Waals surface area contributed by atoms with Gasteiger partial charge in [0.25, 0.3) is 0 Å². The molecule has 110 valence electrons. The van der Waals surface area contributed by atoms with Gasteiger partial charge >= 0.3 is 0 Å².